The van der Waals surface area contributed by atoms with Crippen LogP contribution in [0.3, 0.4) is 0 Å². The molecule has 0 unspecified atom stereocenters. The van der Waals surface area contributed by atoms with Crippen molar-refractivity contribution in [3.8, 4) is 11.5 Å². The lowest BCUT2D eigenvalue weighted by molar-refractivity contribution is -0.114. The summed E-state index contributed by atoms with van der Waals surface area (Å²) in [4.78, 5) is 12.7. The molecule has 0 saturated carbocycles. The van der Waals surface area contributed by atoms with Gasteiger partial charge in [0.15, 0.2) is 11.5 Å². The van der Waals surface area contributed by atoms with Crippen molar-refractivity contribution in [2.45, 2.75) is 6.92 Å². The zero-order valence-electron chi connectivity index (χ0n) is 13.5. The highest BCUT2D eigenvalue weighted by Gasteiger charge is 2.29. The SMILES string of the molecule is COc1cc(C=C2C(=O)N(c3ccc(Cl)c(Cl)c3)N=C2C)ccc1O. The van der Waals surface area contributed by atoms with Gasteiger partial charge in [-0.15, -0.1) is 0 Å². The quantitative estimate of drug-likeness (QED) is 0.801. The number of aromatic hydroxyl groups is 1. The number of nitrogens with zero attached hydrogens (tertiary/aromatic N) is 2. The van der Waals surface area contributed by atoms with E-state index in [0.29, 0.717) is 38.3 Å². The minimum absolute atomic E-state index is 0.0326. The molecule has 5 nitrogen and oxygen atoms in total. The van der Waals surface area contributed by atoms with Crippen LogP contribution in [-0.4, -0.2) is 23.8 Å². The van der Waals surface area contributed by atoms with Crippen LogP contribution in [-0.2, 0) is 4.79 Å². The second-order valence-corrected chi connectivity index (χ2v) is 6.20. The number of hydrogen-bond donors (Lipinski definition) is 1. The summed E-state index contributed by atoms with van der Waals surface area (Å²) in [7, 11) is 1.46. The number of anilines is 1. The van der Waals surface area contributed by atoms with Crippen molar-refractivity contribution in [2.24, 2.45) is 5.10 Å². The van der Waals surface area contributed by atoms with Crippen LogP contribution in [0.4, 0.5) is 5.69 Å². The Kier molecular flexibility index (Phi) is 4.70. The van der Waals surface area contributed by atoms with Crippen LogP contribution < -0.4 is 9.75 Å². The molecule has 0 aromatic heterocycles. The predicted molar refractivity (Wildman–Crippen MR) is 99.7 cm³/mol. The van der Waals surface area contributed by atoms with E-state index < -0.39 is 0 Å². The van der Waals surface area contributed by atoms with Gasteiger partial charge in [0.2, 0.25) is 0 Å². The van der Waals surface area contributed by atoms with E-state index >= 15 is 0 Å². The van der Waals surface area contributed by atoms with Crippen LogP contribution in [0.1, 0.15) is 12.5 Å². The number of benzene rings is 2. The second kappa shape index (κ2) is 6.78. The Morgan fingerprint density at radius 3 is 2.60 bits per heavy atom. The van der Waals surface area contributed by atoms with Gasteiger partial charge in [-0.1, -0.05) is 29.3 Å². The summed E-state index contributed by atoms with van der Waals surface area (Å²) < 4.78 is 5.09. The van der Waals surface area contributed by atoms with Crippen molar-refractivity contribution < 1.29 is 14.6 Å². The van der Waals surface area contributed by atoms with Crippen LogP contribution in [0.15, 0.2) is 47.1 Å². The van der Waals surface area contributed by atoms with E-state index in [9.17, 15) is 9.90 Å². The molecule has 0 radical (unpaired) electrons. The van der Waals surface area contributed by atoms with Crippen LogP contribution in [0.25, 0.3) is 6.08 Å². The van der Waals surface area contributed by atoms with Gasteiger partial charge in [0.05, 0.1) is 34.1 Å². The van der Waals surface area contributed by atoms with E-state index in [0.717, 1.165) is 0 Å². The highest BCUT2D eigenvalue weighted by Crippen LogP contribution is 2.32. The molecular formula is C18H14Cl2N2O3. The largest absolute Gasteiger partial charge is 0.504 e. The summed E-state index contributed by atoms with van der Waals surface area (Å²) in [5.41, 5.74) is 2.26. The lowest BCUT2D eigenvalue weighted by Gasteiger charge is -2.12. The Hall–Kier alpha value is -2.50. The number of hydrazone groups is 1. The van der Waals surface area contributed by atoms with Gasteiger partial charge in [-0.3, -0.25) is 4.79 Å². The number of carbonyl (C=O) groups is 1. The fourth-order valence-electron chi connectivity index (χ4n) is 2.43. The highest BCUT2D eigenvalue weighted by atomic mass is 35.5. The van der Waals surface area contributed by atoms with E-state index in [2.05, 4.69) is 5.10 Å². The molecule has 25 heavy (non-hydrogen) atoms. The summed E-state index contributed by atoms with van der Waals surface area (Å²) in [5.74, 6) is 0.0869. The van der Waals surface area contributed by atoms with Crippen molar-refractivity contribution in [3.05, 3.63) is 57.6 Å². The van der Waals surface area contributed by atoms with Crippen molar-refractivity contribution >= 4 is 46.6 Å². The zero-order chi connectivity index (χ0) is 18.1. The number of amides is 1. The Bertz CT molecular complexity index is 923. The number of rotatable bonds is 3. The van der Waals surface area contributed by atoms with Gasteiger partial charge in [-0.05, 0) is 48.9 Å². The lowest BCUT2D eigenvalue weighted by atomic mass is 10.1. The van der Waals surface area contributed by atoms with Crippen LogP contribution >= 0.6 is 23.2 Å². The first-order valence-electron chi connectivity index (χ1n) is 7.34. The Morgan fingerprint density at radius 1 is 1.16 bits per heavy atom. The van der Waals surface area contributed by atoms with Gasteiger partial charge >= 0.3 is 0 Å². The number of halogens is 2. The predicted octanol–water partition coefficient (Wildman–Crippen LogP) is 4.51. The fourth-order valence-corrected chi connectivity index (χ4v) is 2.72. The van der Waals surface area contributed by atoms with Crippen molar-refractivity contribution in [1.29, 1.82) is 0 Å². The van der Waals surface area contributed by atoms with Crippen LogP contribution in [0, 0.1) is 0 Å². The molecule has 3 rings (SSSR count). The molecule has 1 aliphatic rings. The van der Waals surface area contributed by atoms with Crippen LogP contribution in [0.2, 0.25) is 10.0 Å². The van der Waals surface area contributed by atoms with E-state index in [1.165, 1.54) is 18.2 Å². The molecule has 1 amide bonds. The number of phenolic OH excluding ortho intramolecular Hbond substituents is 1. The fraction of sp³-hybridized carbons (Fsp3) is 0.111. The topological polar surface area (TPSA) is 62.1 Å². The molecule has 7 heteroatoms. The third kappa shape index (κ3) is 3.34. The molecule has 0 spiro atoms. The van der Waals surface area contributed by atoms with Gasteiger partial charge in [-0.2, -0.15) is 10.1 Å². The molecule has 0 bridgehead atoms. The number of methoxy groups -OCH3 is 1. The Balaban J connectivity index is 1.96. The van der Waals surface area contributed by atoms with Gasteiger partial charge in [0.1, 0.15) is 0 Å². The highest BCUT2D eigenvalue weighted by molar-refractivity contribution is 6.42. The standard InChI is InChI=1S/C18H14Cl2N2O3/c1-10-13(7-11-3-6-16(23)17(8-11)25-2)18(24)22(21-10)12-4-5-14(19)15(20)9-12/h3-9,23H,1-2H3. The number of carbonyl (C=O) groups excluding carboxylic acids is 1. The van der Waals surface area contributed by atoms with Crippen LogP contribution in [0.5, 0.6) is 11.5 Å². The second-order valence-electron chi connectivity index (χ2n) is 5.39. The summed E-state index contributed by atoms with van der Waals surface area (Å²) in [5, 5.41) is 16.0. The molecule has 1 heterocycles. The molecule has 0 fully saturated rings. The number of hydrogen-bond acceptors (Lipinski definition) is 4. The lowest BCUT2D eigenvalue weighted by Crippen LogP contribution is -2.21. The summed E-state index contributed by atoms with van der Waals surface area (Å²) in [6.07, 6.45) is 1.70. The van der Waals surface area contributed by atoms with Crippen molar-refractivity contribution in [3.63, 3.8) is 0 Å². The van der Waals surface area contributed by atoms with E-state index in [-0.39, 0.29) is 11.7 Å². The first-order valence-corrected chi connectivity index (χ1v) is 8.10. The average Bonchev–Trinajstić information content (AvgIpc) is 2.87. The average molecular weight is 377 g/mol. The third-order valence-electron chi connectivity index (χ3n) is 3.73. The first-order chi connectivity index (χ1) is 11.9. The van der Waals surface area contributed by atoms with Crippen molar-refractivity contribution in [2.75, 3.05) is 12.1 Å². The summed E-state index contributed by atoms with van der Waals surface area (Å²) in [6.45, 7) is 1.75. The molecule has 1 aliphatic heterocycles. The molecule has 1 N–H and O–H groups in total. The number of ether oxygens (including phenoxy) is 1. The Morgan fingerprint density at radius 2 is 1.92 bits per heavy atom. The monoisotopic (exact) mass is 376 g/mol. The molecule has 2 aromatic rings. The van der Waals surface area contributed by atoms with E-state index in [1.54, 1.807) is 43.3 Å². The van der Waals surface area contributed by atoms with Crippen molar-refractivity contribution in [1.82, 2.24) is 0 Å². The first kappa shape index (κ1) is 17.3. The zero-order valence-corrected chi connectivity index (χ0v) is 15.0. The molecule has 128 valence electrons. The molecule has 0 saturated heterocycles. The Labute approximate surface area is 154 Å². The molecule has 0 aliphatic carbocycles. The molecule has 2 aromatic carbocycles. The van der Waals surface area contributed by atoms with Gasteiger partial charge in [0.25, 0.3) is 5.91 Å². The maximum Gasteiger partial charge on any atom is 0.280 e. The smallest absolute Gasteiger partial charge is 0.280 e. The van der Waals surface area contributed by atoms with Gasteiger partial charge in [-0.25, -0.2) is 0 Å². The summed E-state index contributed by atoms with van der Waals surface area (Å²) >= 11 is 11.9. The van der Waals surface area contributed by atoms with E-state index in [1.807, 2.05) is 0 Å². The molecule has 0 atom stereocenters. The maximum atomic E-state index is 12.7. The normalized spacial score (nSPS) is 15.7. The minimum atomic E-state index is -0.275. The maximum absolute atomic E-state index is 12.7. The third-order valence-corrected chi connectivity index (χ3v) is 4.46. The van der Waals surface area contributed by atoms with Gasteiger partial charge in [0, 0.05) is 0 Å². The number of phenols is 1. The minimum Gasteiger partial charge on any atom is -0.504 e. The molecular weight excluding hydrogens is 363 g/mol. The van der Waals surface area contributed by atoms with Gasteiger partial charge < -0.3 is 9.84 Å². The summed E-state index contributed by atoms with van der Waals surface area (Å²) in [6, 6.07) is 9.72. The van der Waals surface area contributed by atoms with E-state index in [4.69, 9.17) is 27.9 Å².